The Balaban J connectivity index is 2.25. The SMILES string of the molecule is CC(C)NC(=O)CO/N=C\c1ccccc1. The molecule has 0 atom stereocenters. The predicted octanol–water partition coefficient (Wildman–Crippen LogP) is 1.56. The molecule has 0 aliphatic carbocycles. The summed E-state index contributed by atoms with van der Waals surface area (Å²) in [4.78, 5) is 16.0. The molecule has 16 heavy (non-hydrogen) atoms. The van der Waals surface area contributed by atoms with E-state index in [4.69, 9.17) is 4.84 Å². The van der Waals surface area contributed by atoms with E-state index in [-0.39, 0.29) is 18.6 Å². The minimum absolute atomic E-state index is 0.0541. The second-order valence-corrected chi connectivity index (χ2v) is 3.64. The van der Waals surface area contributed by atoms with Gasteiger partial charge in [0.15, 0.2) is 6.61 Å². The van der Waals surface area contributed by atoms with Crippen LogP contribution in [0.4, 0.5) is 0 Å². The van der Waals surface area contributed by atoms with Gasteiger partial charge in [-0.05, 0) is 19.4 Å². The molecule has 0 heterocycles. The molecular formula is C12H16N2O2. The number of carbonyl (C=O) groups is 1. The van der Waals surface area contributed by atoms with E-state index in [1.807, 2.05) is 44.2 Å². The number of oxime groups is 1. The van der Waals surface area contributed by atoms with Gasteiger partial charge in [0.05, 0.1) is 6.21 Å². The molecule has 0 aliphatic heterocycles. The van der Waals surface area contributed by atoms with Crippen molar-refractivity contribution in [2.24, 2.45) is 5.16 Å². The number of benzene rings is 1. The Kier molecular flexibility index (Phi) is 5.05. The van der Waals surface area contributed by atoms with Gasteiger partial charge in [-0.15, -0.1) is 0 Å². The van der Waals surface area contributed by atoms with Crippen LogP contribution in [0.25, 0.3) is 0 Å². The molecular weight excluding hydrogens is 204 g/mol. The van der Waals surface area contributed by atoms with Crippen LogP contribution in [0.15, 0.2) is 35.5 Å². The summed E-state index contributed by atoms with van der Waals surface area (Å²) in [6.07, 6.45) is 1.57. The molecule has 1 aromatic rings. The number of nitrogens with one attached hydrogen (secondary N) is 1. The van der Waals surface area contributed by atoms with Crippen LogP contribution in [0.1, 0.15) is 19.4 Å². The van der Waals surface area contributed by atoms with Gasteiger partial charge in [-0.1, -0.05) is 35.5 Å². The number of hydrogen-bond acceptors (Lipinski definition) is 3. The fourth-order valence-corrected chi connectivity index (χ4v) is 1.10. The summed E-state index contributed by atoms with van der Waals surface area (Å²) in [5.74, 6) is -0.166. The molecule has 0 spiro atoms. The fourth-order valence-electron chi connectivity index (χ4n) is 1.10. The van der Waals surface area contributed by atoms with Gasteiger partial charge in [-0.25, -0.2) is 0 Å². The molecule has 0 aromatic heterocycles. The number of amides is 1. The average Bonchev–Trinajstić information content (AvgIpc) is 2.25. The number of rotatable bonds is 5. The monoisotopic (exact) mass is 220 g/mol. The van der Waals surface area contributed by atoms with Crippen molar-refractivity contribution >= 4 is 12.1 Å². The van der Waals surface area contributed by atoms with Crippen molar-refractivity contribution in [3.05, 3.63) is 35.9 Å². The smallest absolute Gasteiger partial charge is 0.260 e. The lowest BCUT2D eigenvalue weighted by Crippen LogP contribution is -2.32. The maximum atomic E-state index is 11.2. The molecule has 0 saturated heterocycles. The summed E-state index contributed by atoms with van der Waals surface area (Å²) in [6.45, 7) is 3.73. The molecule has 0 radical (unpaired) electrons. The van der Waals surface area contributed by atoms with Gasteiger partial charge in [0.1, 0.15) is 0 Å². The first kappa shape index (κ1) is 12.2. The number of nitrogens with zero attached hydrogens (tertiary/aromatic N) is 1. The highest BCUT2D eigenvalue weighted by atomic mass is 16.6. The lowest BCUT2D eigenvalue weighted by molar-refractivity contribution is -0.126. The van der Waals surface area contributed by atoms with Gasteiger partial charge in [0, 0.05) is 6.04 Å². The topological polar surface area (TPSA) is 50.7 Å². The Labute approximate surface area is 95.3 Å². The molecule has 0 unspecified atom stereocenters. The molecule has 0 aliphatic rings. The third-order valence-electron chi connectivity index (χ3n) is 1.72. The summed E-state index contributed by atoms with van der Waals surface area (Å²) in [5, 5.41) is 6.41. The zero-order valence-corrected chi connectivity index (χ0v) is 9.51. The molecule has 1 rings (SSSR count). The largest absolute Gasteiger partial charge is 0.386 e. The van der Waals surface area contributed by atoms with Crippen LogP contribution in [-0.2, 0) is 9.63 Å². The van der Waals surface area contributed by atoms with Crippen LogP contribution in [0.2, 0.25) is 0 Å². The molecule has 1 amide bonds. The van der Waals surface area contributed by atoms with Crippen molar-refractivity contribution in [2.45, 2.75) is 19.9 Å². The number of carbonyl (C=O) groups excluding carboxylic acids is 1. The number of hydrogen-bond donors (Lipinski definition) is 1. The highest BCUT2D eigenvalue weighted by molar-refractivity contribution is 5.79. The highest BCUT2D eigenvalue weighted by Gasteiger charge is 2.01. The molecule has 4 nitrogen and oxygen atoms in total. The summed E-state index contributed by atoms with van der Waals surface area (Å²) in [6, 6.07) is 9.67. The van der Waals surface area contributed by atoms with Crippen molar-refractivity contribution in [3.63, 3.8) is 0 Å². The summed E-state index contributed by atoms with van der Waals surface area (Å²) >= 11 is 0. The normalized spacial score (nSPS) is 10.7. The van der Waals surface area contributed by atoms with Gasteiger partial charge < -0.3 is 10.2 Å². The van der Waals surface area contributed by atoms with Gasteiger partial charge in [-0.2, -0.15) is 0 Å². The van der Waals surface area contributed by atoms with E-state index in [1.54, 1.807) is 6.21 Å². The third kappa shape index (κ3) is 5.14. The maximum Gasteiger partial charge on any atom is 0.260 e. The van der Waals surface area contributed by atoms with Crippen LogP contribution >= 0.6 is 0 Å². The average molecular weight is 220 g/mol. The van der Waals surface area contributed by atoms with Crippen LogP contribution in [0, 0.1) is 0 Å². The molecule has 86 valence electrons. The lowest BCUT2D eigenvalue weighted by atomic mass is 10.2. The van der Waals surface area contributed by atoms with Crippen LogP contribution in [0.5, 0.6) is 0 Å². The quantitative estimate of drug-likeness (QED) is 0.604. The summed E-state index contributed by atoms with van der Waals surface area (Å²) in [7, 11) is 0. The minimum atomic E-state index is -0.166. The minimum Gasteiger partial charge on any atom is -0.386 e. The second kappa shape index (κ2) is 6.61. The van der Waals surface area contributed by atoms with Gasteiger partial charge in [0.2, 0.25) is 0 Å². The van der Waals surface area contributed by atoms with E-state index in [0.29, 0.717) is 0 Å². The predicted molar refractivity (Wildman–Crippen MR) is 63.3 cm³/mol. The standard InChI is InChI=1S/C12H16N2O2/c1-10(2)14-12(15)9-16-13-8-11-6-4-3-5-7-11/h3-8,10H,9H2,1-2H3,(H,14,15)/b13-8-. The van der Waals surface area contributed by atoms with Crippen molar-refractivity contribution in [1.82, 2.24) is 5.32 Å². The highest BCUT2D eigenvalue weighted by Crippen LogP contribution is 1.94. The van der Waals surface area contributed by atoms with Crippen molar-refractivity contribution < 1.29 is 9.63 Å². The van der Waals surface area contributed by atoms with E-state index in [2.05, 4.69) is 10.5 Å². The van der Waals surface area contributed by atoms with Crippen LogP contribution in [-0.4, -0.2) is 24.8 Å². The van der Waals surface area contributed by atoms with Crippen LogP contribution < -0.4 is 5.32 Å². The van der Waals surface area contributed by atoms with Crippen LogP contribution in [0.3, 0.4) is 0 Å². The van der Waals surface area contributed by atoms with E-state index < -0.39 is 0 Å². The zero-order valence-electron chi connectivity index (χ0n) is 9.51. The fraction of sp³-hybridized carbons (Fsp3) is 0.333. The summed E-state index contributed by atoms with van der Waals surface area (Å²) < 4.78 is 0. The Hall–Kier alpha value is -1.84. The van der Waals surface area contributed by atoms with E-state index in [1.165, 1.54) is 0 Å². The Morgan fingerprint density at radius 3 is 2.75 bits per heavy atom. The second-order valence-electron chi connectivity index (χ2n) is 3.64. The first-order chi connectivity index (χ1) is 7.68. The van der Waals surface area contributed by atoms with E-state index >= 15 is 0 Å². The summed E-state index contributed by atoms with van der Waals surface area (Å²) in [5.41, 5.74) is 0.937. The molecule has 0 fully saturated rings. The lowest BCUT2D eigenvalue weighted by Gasteiger charge is -2.06. The first-order valence-corrected chi connectivity index (χ1v) is 5.18. The first-order valence-electron chi connectivity index (χ1n) is 5.18. The van der Waals surface area contributed by atoms with Crippen molar-refractivity contribution in [1.29, 1.82) is 0 Å². The van der Waals surface area contributed by atoms with Crippen molar-refractivity contribution in [2.75, 3.05) is 6.61 Å². The molecule has 0 bridgehead atoms. The Morgan fingerprint density at radius 2 is 2.12 bits per heavy atom. The Bertz CT molecular complexity index is 347. The third-order valence-corrected chi connectivity index (χ3v) is 1.72. The molecule has 0 saturated carbocycles. The van der Waals surface area contributed by atoms with E-state index in [0.717, 1.165) is 5.56 Å². The zero-order chi connectivity index (χ0) is 11.8. The molecule has 4 heteroatoms. The Morgan fingerprint density at radius 1 is 1.44 bits per heavy atom. The maximum absolute atomic E-state index is 11.2. The van der Waals surface area contributed by atoms with Gasteiger partial charge >= 0.3 is 0 Å². The molecule has 1 N–H and O–H groups in total. The van der Waals surface area contributed by atoms with E-state index in [9.17, 15) is 4.79 Å². The van der Waals surface area contributed by atoms with Crippen molar-refractivity contribution in [3.8, 4) is 0 Å². The van der Waals surface area contributed by atoms with Gasteiger partial charge in [-0.3, -0.25) is 4.79 Å². The van der Waals surface area contributed by atoms with Gasteiger partial charge in [0.25, 0.3) is 5.91 Å². The molecule has 1 aromatic carbocycles.